The number of rotatable bonds is 17. The number of nitrogens with one attached hydrogen (secondary N) is 1. The number of carbonyl (C=O) groups is 3. The van der Waals surface area contributed by atoms with Crippen molar-refractivity contribution in [2.45, 2.75) is 97.1 Å². The van der Waals surface area contributed by atoms with Crippen LogP contribution in [-0.4, -0.2) is 74.3 Å². The van der Waals surface area contributed by atoms with Crippen LogP contribution in [0.5, 0.6) is 0 Å². The quantitative estimate of drug-likeness (QED) is 0.203. The van der Waals surface area contributed by atoms with Crippen molar-refractivity contribution >= 4 is 17.9 Å². The normalized spacial score (nSPS) is 18.4. The van der Waals surface area contributed by atoms with E-state index < -0.39 is 0 Å². The van der Waals surface area contributed by atoms with Crippen LogP contribution in [-0.2, 0) is 28.6 Å². The van der Waals surface area contributed by atoms with Crippen molar-refractivity contribution in [1.82, 2.24) is 10.2 Å². The predicted octanol–water partition coefficient (Wildman–Crippen LogP) is 3.22. The van der Waals surface area contributed by atoms with Gasteiger partial charge in [0.15, 0.2) is 0 Å². The van der Waals surface area contributed by atoms with E-state index in [1.807, 2.05) is 25.7 Å². The van der Waals surface area contributed by atoms with E-state index in [1.165, 1.54) is 0 Å². The number of nitrogens with zero attached hydrogens (tertiary/aromatic N) is 1. The van der Waals surface area contributed by atoms with Crippen molar-refractivity contribution in [3.63, 3.8) is 0 Å². The van der Waals surface area contributed by atoms with Gasteiger partial charge in [0, 0.05) is 12.1 Å². The Morgan fingerprint density at radius 3 is 1.72 bits per heavy atom. The third kappa shape index (κ3) is 12.4. The zero-order chi connectivity index (χ0) is 23.6. The maximum absolute atomic E-state index is 12.4. The average molecular weight is 457 g/mol. The van der Waals surface area contributed by atoms with Gasteiger partial charge in [0.1, 0.15) is 0 Å². The lowest BCUT2D eigenvalue weighted by molar-refractivity contribution is -0.151. The van der Waals surface area contributed by atoms with Crippen LogP contribution in [0.4, 0.5) is 0 Å². The lowest BCUT2D eigenvalue weighted by Crippen LogP contribution is -2.55. The van der Waals surface area contributed by atoms with Gasteiger partial charge in [0.25, 0.3) is 0 Å². The molecule has 1 rings (SSSR count). The highest BCUT2D eigenvalue weighted by Crippen LogP contribution is 2.23. The van der Waals surface area contributed by atoms with Crippen molar-refractivity contribution in [2.24, 2.45) is 0 Å². The Labute approximate surface area is 193 Å². The highest BCUT2D eigenvalue weighted by molar-refractivity contribution is 5.75. The lowest BCUT2D eigenvalue weighted by atomic mass is 9.89. The highest BCUT2D eigenvalue weighted by Gasteiger charge is 2.33. The SMILES string of the molecule is CCCCOC(=O)CN[C@H]1CCCCC1N(CC(=O)OCCCC)CC(=O)OCCCC. The van der Waals surface area contributed by atoms with Gasteiger partial charge in [-0.3, -0.25) is 19.3 Å². The first-order chi connectivity index (χ1) is 15.5. The fraction of sp³-hybridized carbons (Fsp3) is 0.875. The minimum Gasteiger partial charge on any atom is -0.465 e. The van der Waals surface area contributed by atoms with Crippen LogP contribution in [0, 0.1) is 0 Å². The first kappa shape index (κ1) is 28.4. The summed E-state index contributed by atoms with van der Waals surface area (Å²) in [7, 11) is 0. The van der Waals surface area contributed by atoms with Gasteiger partial charge in [0.2, 0.25) is 0 Å². The Hall–Kier alpha value is -1.67. The number of ether oxygens (including phenoxy) is 3. The summed E-state index contributed by atoms with van der Waals surface area (Å²) in [6, 6.07) is -0.0565. The standard InChI is InChI=1S/C24H44N2O6/c1-4-7-14-30-22(27)17-25-20-12-10-11-13-21(20)26(18-23(28)31-15-8-5-2)19-24(29)32-16-9-6-3/h20-21,25H,4-19H2,1-3H3/t20-,21?/m0/s1. The van der Waals surface area contributed by atoms with Crippen LogP contribution >= 0.6 is 0 Å². The van der Waals surface area contributed by atoms with Crippen LogP contribution in [0.15, 0.2) is 0 Å². The van der Waals surface area contributed by atoms with Crippen molar-refractivity contribution in [3.05, 3.63) is 0 Å². The molecule has 32 heavy (non-hydrogen) atoms. The van der Waals surface area contributed by atoms with Crippen LogP contribution in [0.2, 0.25) is 0 Å². The molecule has 0 heterocycles. The summed E-state index contributed by atoms with van der Waals surface area (Å²) >= 11 is 0. The number of esters is 3. The maximum Gasteiger partial charge on any atom is 0.320 e. The van der Waals surface area contributed by atoms with E-state index in [4.69, 9.17) is 14.2 Å². The van der Waals surface area contributed by atoms with Crippen LogP contribution < -0.4 is 5.32 Å². The first-order valence-electron chi connectivity index (χ1n) is 12.5. The topological polar surface area (TPSA) is 94.2 Å². The van der Waals surface area contributed by atoms with Gasteiger partial charge in [-0.1, -0.05) is 52.9 Å². The number of unbranched alkanes of at least 4 members (excludes halogenated alkanes) is 3. The summed E-state index contributed by atoms with van der Waals surface area (Å²) in [5.74, 6) is -0.932. The van der Waals surface area contributed by atoms with E-state index >= 15 is 0 Å². The summed E-state index contributed by atoms with van der Waals surface area (Å²) in [6.45, 7) is 7.54. The zero-order valence-electron chi connectivity index (χ0n) is 20.4. The number of carbonyl (C=O) groups excluding carboxylic acids is 3. The molecule has 1 unspecified atom stereocenters. The second-order valence-corrected chi connectivity index (χ2v) is 8.47. The smallest absolute Gasteiger partial charge is 0.320 e. The molecular weight excluding hydrogens is 412 g/mol. The molecule has 1 saturated carbocycles. The maximum atomic E-state index is 12.4. The molecular formula is C24H44N2O6. The molecule has 2 atom stereocenters. The van der Waals surface area contributed by atoms with Gasteiger partial charge >= 0.3 is 17.9 Å². The number of hydrogen-bond acceptors (Lipinski definition) is 8. The Kier molecular flexibility index (Phi) is 15.8. The highest BCUT2D eigenvalue weighted by atomic mass is 16.5. The molecule has 1 N–H and O–H groups in total. The van der Waals surface area contributed by atoms with E-state index in [9.17, 15) is 14.4 Å². The van der Waals surface area contributed by atoms with Crippen molar-refractivity contribution < 1.29 is 28.6 Å². The van der Waals surface area contributed by atoms with E-state index in [0.29, 0.717) is 19.8 Å². The van der Waals surface area contributed by atoms with Crippen LogP contribution in [0.1, 0.15) is 85.0 Å². The molecule has 0 radical (unpaired) electrons. The van der Waals surface area contributed by atoms with Gasteiger partial charge in [-0.05, 0) is 32.1 Å². The summed E-state index contributed by atoms with van der Waals surface area (Å²) in [4.78, 5) is 38.7. The molecule has 0 amide bonds. The molecule has 8 heteroatoms. The minimum absolute atomic E-state index is 0.00522. The molecule has 0 aliphatic heterocycles. The average Bonchev–Trinajstić information content (AvgIpc) is 2.78. The minimum atomic E-state index is -0.330. The van der Waals surface area contributed by atoms with Gasteiger partial charge in [0.05, 0.1) is 39.5 Å². The number of hydrogen-bond donors (Lipinski definition) is 1. The predicted molar refractivity (Wildman–Crippen MR) is 123 cm³/mol. The van der Waals surface area contributed by atoms with Crippen molar-refractivity contribution in [2.75, 3.05) is 39.5 Å². The molecule has 186 valence electrons. The molecule has 0 aromatic carbocycles. The summed E-state index contributed by atoms with van der Waals surface area (Å²) < 4.78 is 15.9. The Morgan fingerprint density at radius 1 is 0.750 bits per heavy atom. The van der Waals surface area contributed by atoms with E-state index in [-0.39, 0.29) is 49.6 Å². The third-order valence-corrected chi connectivity index (χ3v) is 5.65. The summed E-state index contributed by atoms with van der Waals surface area (Å²) in [6.07, 6.45) is 9.12. The largest absolute Gasteiger partial charge is 0.465 e. The van der Waals surface area contributed by atoms with Crippen molar-refractivity contribution in [1.29, 1.82) is 0 Å². The Bertz CT molecular complexity index is 519. The van der Waals surface area contributed by atoms with Crippen molar-refractivity contribution in [3.8, 4) is 0 Å². The Morgan fingerprint density at radius 2 is 1.22 bits per heavy atom. The molecule has 8 nitrogen and oxygen atoms in total. The van der Waals surface area contributed by atoms with Crippen LogP contribution in [0.3, 0.4) is 0 Å². The molecule has 0 aromatic heterocycles. The molecule has 0 spiro atoms. The summed E-state index contributed by atoms with van der Waals surface area (Å²) in [5, 5.41) is 3.31. The molecule has 1 aliphatic carbocycles. The fourth-order valence-corrected chi connectivity index (χ4v) is 3.76. The van der Waals surface area contributed by atoms with E-state index in [2.05, 4.69) is 5.32 Å². The first-order valence-corrected chi connectivity index (χ1v) is 12.5. The Balaban J connectivity index is 2.74. The fourth-order valence-electron chi connectivity index (χ4n) is 3.76. The van der Waals surface area contributed by atoms with Gasteiger partial charge in [-0.25, -0.2) is 0 Å². The molecule has 0 aromatic rings. The molecule has 0 bridgehead atoms. The van der Waals surface area contributed by atoms with Gasteiger partial charge in [-0.2, -0.15) is 0 Å². The lowest BCUT2D eigenvalue weighted by Gasteiger charge is -2.39. The summed E-state index contributed by atoms with van der Waals surface area (Å²) in [5.41, 5.74) is 0. The van der Waals surface area contributed by atoms with E-state index in [1.54, 1.807) is 0 Å². The second kappa shape index (κ2) is 17.8. The molecule has 1 aliphatic rings. The van der Waals surface area contributed by atoms with Gasteiger partial charge in [-0.15, -0.1) is 0 Å². The second-order valence-electron chi connectivity index (χ2n) is 8.47. The molecule has 0 saturated heterocycles. The van der Waals surface area contributed by atoms with Gasteiger partial charge < -0.3 is 19.5 Å². The monoisotopic (exact) mass is 456 g/mol. The van der Waals surface area contributed by atoms with E-state index in [0.717, 1.165) is 64.2 Å². The van der Waals surface area contributed by atoms with Crippen LogP contribution in [0.25, 0.3) is 0 Å². The molecule has 1 fully saturated rings. The third-order valence-electron chi connectivity index (χ3n) is 5.65. The zero-order valence-corrected chi connectivity index (χ0v) is 20.4.